The van der Waals surface area contributed by atoms with E-state index in [0.717, 1.165) is 28.5 Å². The van der Waals surface area contributed by atoms with Crippen molar-refractivity contribution < 1.29 is 21.1 Å². The largest absolute Gasteiger partial charge is 0.324 e. The summed E-state index contributed by atoms with van der Waals surface area (Å²) in [5.41, 5.74) is 7.77. The summed E-state index contributed by atoms with van der Waals surface area (Å²) >= 11 is 0. The summed E-state index contributed by atoms with van der Waals surface area (Å²) < 4.78 is 0. The Hall–Kier alpha value is -2.95. The van der Waals surface area contributed by atoms with Gasteiger partial charge < -0.3 is 5.43 Å². The predicted molar refractivity (Wildman–Crippen MR) is 107 cm³/mol. The van der Waals surface area contributed by atoms with Crippen molar-refractivity contribution in [1.82, 2.24) is 19.9 Å². The second-order valence-electron chi connectivity index (χ2n) is 5.73. The summed E-state index contributed by atoms with van der Waals surface area (Å²) in [7, 11) is 0. The van der Waals surface area contributed by atoms with Gasteiger partial charge in [-0.15, -0.1) is 0 Å². The van der Waals surface area contributed by atoms with Crippen LogP contribution in [0.5, 0.6) is 0 Å². The number of nitrogens with zero attached hydrogens (tertiary/aromatic N) is 4. The summed E-state index contributed by atoms with van der Waals surface area (Å²) in [6, 6.07) is 19.1. The van der Waals surface area contributed by atoms with E-state index in [1.165, 1.54) is 5.56 Å². The third-order valence-electron chi connectivity index (χ3n) is 3.69. The molecule has 3 N–H and O–H groups in total. The van der Waals surface area contributed by atoms with Crippen molar-refractivity contribution in [2.24, 2.45) is 5.84 Å². The van der Waals surface area contributed by atoms with E-state index >= 15 is 0 Å². The molecule has 0 saturated carbocycles. The molecule has 144 valence electrons. The minimum atomic E-state index is 0. The van der Waals surface area contributed by atoms with Crippen molar-refractivity contribution in [3.05, 3.63) is 91.0 Å². The first-order valence-corrected chi connectivity index (χ1v) is 8.44. The second-order valence-corrected chi connectivity index (χ2v) is 5.73. The number of nitrogens with one attached hydrogen (secondary N) is 1. The minimum absolute atomic E-state index is 0. The van der Waals surface area contributed by atoms with Crippen LogP contribution in [-0.4, -0.2) is 19.9 Å². The summed E-state index contributed by atoms with van der Waals surface area (Å²) in [6.45, 7) is 2.04. The maximum atomic E-state index is 5.53. The number of aromatic nitrogens is 4. The fraction of sp³-hybridized carbons (Fsp3) is 0.0476. The van der Waals surface area contributed by atoms with E-state index in [0.29, 0.717) is 0 Å². The molecule has 0 aliphatic carbocycles. The fourth-order valence-corrected chi connectivity index (χ4v) is 2.33. The Morgan fingerprint density at radius 1 is 0.714 bits per heavy atom. The molecule has 0 bridgehead atoms. The van der Waals surface area contributed by atoms with Crippen LogP contribution in [-0.2, 0) is 21.1 Å². The third kappa shape index (κ3) is 6.05. The van der Waals surface area contributed by atoms with E-state index in [1.54, 1.807) is 24.8 Å². The Kier molecular flexibility index (Phi) is 8.40. The zero-order valence-electron chi connectivity index (χ0n) is 15.3. The Morgan fingerprint density at radius 3 is 1.61 bits per heavy atom. The van der Waals surface area contributed by atoms with Crippen molar-refractivity contribution in [3.63, 3.8) is 0 Å². The van der Waals surface area contributed by atoms with Crippen molar-refractivity contribution in [2.75, 3.05) is 5.43 Å². The second kappa shape index (κ2) is 11.0. The van der Waals surface area contributed by atoms with Crippen LogP contribution in [0.3, 0.4) is 0 Å². The molecule has 7 heteroatoms. The number of pyridine rings is 4. The standard InChI is InChI=1S/C15H13N5.C6H7N.Pt/c16-20-11-9-14(12-5-1-3-7-17-12)19-15(10-11)13-6-2-4-8-18-13;1-6-2-4-7-5-3-6;/h1-10H,16H2,(H,19,20);2-5H,1H3;. The number of nitrogens with two attached hydrogens (primary N) is 1. The van der Waals surface area contributed by atoms with Crippen molar-refractivity contribution in [1.29, 1.82) is 0 Å². The van der Waals surface area contributed by atoms with Gasteiger partial charge in [-0.3, -0.25) is 20.8 Å². The van der Waals surface area contributed by atoms with E-state index in [-0.39, 0.29) is 21.1 Å². The number of hydrogen-bond donors (Lipinski definition) is 2. The number of anilines is 1. The molecule has 6 nitrogen and oxygen atoms in total. The average molecular weight is 552 g/mol. The number of rotatable bonds is 3. The fourth-order valence-electron chi connectivity index (χ4n) is 2.33. The topological polar surface area (TPSA) is 89.6 Å². The molecule has 0 radical (unpaired) electrons. The van der Waals surface area contributed by atoms with E-state index in [1.807, 2.05) is 67.6 Å². The summed E-state index contributed by atoms with van der Waals surface area (Å²) in [5.74, 6) is 5.53. The SMILES string of the molecule is Cc1ccncc1.NNc1cc(-c2ccccn2)nc(-c2ccccn2)c1.[Pt]. The van der Waals surface area contributed by atoms with Crippen LogP contribution >= 0.6 is 0 Å². The van der Waals surface area contributed by atoms with Gasteiger partial charge in [0.1, 0.15) is 0 Å². The van der Waals surface area contributed by atoms with Crippen LogP contribution < -0.4 is 11.3 Å². The van der Waals surface area contributed by atoms with Gasteiger partial charge in [-0.2, -0.15) is 0 Å². The number of hydrazine groups is 1. The van der Waals surface area contributed by atoms with Gasteiger partial charge in [0.05, 0.1) is 28.5 Å². The zero-order valence-corrected chi connectivity index (χ0v) is 17.5. The van der Waals surface area contributed by atoms with E-state index in [4.69, 9.17) is 5.84 Å². The van der Waals surface area contributed by atoms with Crippen molar-refractivity contribution in [3.8, 4) is 22.8 Å². The summed E-state index contributed by atoms with van der Waals surface area (Å²) in [4.78, 5) is 17.1. The molecule has 0 amide bonds. The maximum absolute atomic E-state index is 5.53. The quantitative estimate of drug-likeness (QED) is 0.297. The molecule has 0 aliphatic heterocycles. The van der Waals surface area contributed by atoms with E-state index < -0.39 is 0 Å². The molecule has 0 spiro atoms. The number of hydrogen-bond acceptors (Lipinski definition) is 6. The zero-order chi connectivity index (χ0) is 18.9. The number of nitrogen functional groups attached to an aromatic ring is 1. The van der Waals surface area contributed by atoms with Crippen molar-refractivity contribution in [2.45, 2.75) is 6.92 Å². The molecular weight excluding hydrogens is 531 g/mol. The summed E-state index contributed by atoms with van der Waals surface area (Å²) in [5, 5.41) is 0. The first-order valence-electron chi connectivity index (χ1n) is 8.44. The summed E-state index contributed by atoms with van der Waals surface area (Å²) in [6.07, 6.45) is 7.05. The molecule has 4 aromatic heterocycles. The van der Waals surface area contributed by atoms with Crippen LogP contribution in [0.15, 0.2) is 85.5 Å². The normalized spacial score (nSPS) is 9.50. The van der Waals surface area contributed by atoms with Gasteiger partial charge in [0.25, 0.3) is 0 Å². The molecule has 4 rings (SSSR count). The third-order valence-corrected chi connectivity index (χ3v) is 3.69. The predicted octanol–water partition coefficient (Wildman–Crippen LogP) is 3.88. The first kappa shape index (κ1) is 21.3. The van der Waals surface area contributed by atoms with Crippen molar-refractivity contribution >= 4 is 5.69 Å². The van der Waals surface area contributed by atoms with Gasteiger partial charge in [-0.1, -0.05) is 12.1 Å². The number of aryl methyl sites for hydroxylation is 1. The molecule has 4 aromatic rings. The molecule has 0 aliphatic rings. The smallest absolute Gasteiger partial charge is 0.0915 e. The van der Waals surface area contributed by atoms with Crippen LogP contribution in [0.4, 0.5) is 5.69 Å². The molecule has 0 fully saturated rings. The molecule has 0 atom stereocenters. The Bertz CT molecular complexity index is 908. The van der Waals surface area contributed by atoms with Crippen LogP contribution in [0.2, 0.25) is 0 Å². The van der Waals surface area contributed by atoms with Crippen LogP contribution in [0.1, 0.15) is 5.56 Å². The van der Waals surface area contributed by atoms with Crippen LogP contribution in [0.25, 0.3) is 22.8 Å². The van der Waals surface area contributed by atoms with Gasteiger partial charge in [0, 0.05) is 45.9 Å². The monoisotopic (exact) mass is 551 g/mol. The van der Waals surface area contributed by atoms with Gasteiger partial charge in [0.15, 0.2) is 0 Å². The molecule has 4 heterocycles. The molecule has 0 saturated heterocycles. The minimum Gasteiger partial charge on any atom is -0.324 e. The molecule has 0 aromatic carbocycles. The first-order chi connectivity index (χ1) is 13.3. The Morgan fingerprint density at radius 2 is 1.25 bits per heavy atom. The van der Waals surface area contributed by atoms with Crippen LogP contribution in [0, 0.1) is 6.92 Å². The van der Waals surface area contributed by atoms with E-state index in [2.05, 4.69) is 25.4 Å². The molecule has 28 heavy (non-hydrogen) atoms. The van der Waals surface area contributed by atoms with E-state index in [9.17, 15) is 0 Å². The average Bonchev–Trinajstić information content (AvgIpc) is 2.75. The maximum Gasteiger partial charge on any atom is 0.0915 e. The van der Waals surface area contributed by atoms with Gasteiger partial charge in [0.2, 0.25) is 0 Å². The van der Waals surface area contributed by atoms with Gasteiger partial charge in [-0.05, 0) is 61.0 Å². The van der Waals surface area contributed by atoms with Gasteiger partial charge in [-0.25, -0.2) is 4.98 Å². The molecular formula is C21H20N6Pt. The Labute approximate surface area is 178 Å². The molecule has 0 unspecified atom stereocenters. The Balaban J connectivity index is 0.000000298. The van der Waals surface area contributed by atoms with Gasteiger partial charge >= 0.3 is 0 Å².